The van der Waals surface area contributed by atoms with Crippen molar-refractivity contribution in [1.29, 1.82) is 0 Å². The minimum atomic E-state index is 0.811. The van der Waals surface area contributed by atoms with E-state index in [-0.39, 0.29) is 0 Å². The van der Waals surface area contributed by atoms with Gasteiger partial charge in [-0.25, -0.2) is 4.99 Å². The largest absolute Gasteiger partial charge is 0.247 e. The van der Waals surface area contributed by atoms with Crippen LogP contribution in [0.1, 0.15) is 45.4 Å². The Labute approximate surface area is 109 Å². The molecule has 0 aliphatic heterocycles. The van der Waals surface area contributed by atoms with Gasteiger partial charge in [0, 0.05) is 5.25 Å². The molecule has 1 aliphatic rings. The zero-order valence-corrected chi connectivity index (χ0v) is 11.4. The Balaban J connectivity index is 1.98. The molecule has 1 aromatic carbocycles. The van der Waals surface area contributed by atoms with Gasteiger partial charge in [0.2, 0.25) is 0 Å². The van der Waals surface area contributed by atoms with Crippen LogP contribution < -0.4 is 0 Å². The molecule has 0 N–H and O–H groups in total. The molecule has 0 bridgehead atoms. The molecule has 1 nitrogen and oxygen atoms in total. The highest BCUT2D eigenvalue weighted by Crippen LogP contribution is 2.30. The van der Waals surface area contributed by atoms with Gasteiger partial charge >= 0.3 is 0 Å². The van der Waals surface area contributed by atoms with Crippen LogP contribution in [0.5, 0.6) is 0 Å². The van der Waals surface area contributed by atoms with E-state index in [0.717, 1.165) is 17.4 Å². The second kappa shape index (κ2) is 6.85. The monoisotopic (exact) mass is 247 g/mol. The Morgan fingerprint density at radius 3 is 2.53 bits per heavy atom. The summed E-state index contributed by atoms with van der Waals surface area (Å²) in [5, 5.41) is 2.11. The molecule has 17 heavy (non-hydrogen) atoms. The smallest absolute Gasteiger partial charge is 0.0738 e. The summed E-state index contributed by atoms with van der Waals surface area (Å²) in [5.41, 5.74) is 1.09. The third-order valence-electron chi connectivity index (χ3n) is 3.17. The van der Waals surface area contributed by atoms with Crippen LogP contribution in [0.4, 0.5) is 5.69 Å². The predicted octanol–water partition coefficient (Wildman–Crippen LogP) is 5.19. The van der Waals surface area contributed by atoms with Crippen molar-refractivity contribution in [2.45, 2.75) is 50.7 Å². The van der Waals surface area contributed by atoms with Crippen molar-refractivity contribution >= 4 is 22.5 Å². The average Bonchev–Trinajstić information content (AvgIpc) is 2.40. The van der Waals surface area contributed by atoms with Crippen LogP contribution in [0.2, 0.25) is 0 Å². The topological polar surface area (TPSA) is 12.4 Å². The molecular weight excluding hydrogens is 226 g/mol. The Hall–Kier alpha value is -0.760. The molecule has 0 atom stereocenters. The van der Waals surface area contributed by atoms with Crippen molar-refractivity contribution in [2.75, 3.05) is 0 Å². The van der Waals surface area contributed by atoms with Crippen molar-refractivity contribution in [3.63, 3.8) is 0 Å². The molecule has 0 unspecified atom stereocenters. The lowest BCUT2D eigenvalue weighted by atomic mass is 10.0. The molecular formula is C15H21NS. The van der Waals surface area contributed by atoms with Gasteiger partial charge in [-0.3, -0.25) is 0 Å². The number of hydrogen-bond acceptors (Lipinski definition) is 2. The number of hydrogen-bond donors (Lipinski definition) is 0. The molecule has 1 saturated carbocycles. The van der Waals surface area contributed by atoms with E-state index in [2.05, 4.69) is 31.2 Å². The number of para-hydroxylation sites is 1. The molecule has 0 radical (unpaired) electrons. The van der Waals surface area contributed by atoms with E-state index in [4.69, 9.17) is 4.99 Å². The summed E-state index contributed by atoms with van der Waals surface area (Å²) in [4.78, 5) is 4.75. The maximum Gasteiger partial charge on any atom is 0.0738 e. The second-order valence-corrected chi connectivity index (χ2v) is 5.95. The lowest BCUT2D eigenvalue weighted by Gasteiger charge is -2.21. The zero-order chi connectivity index (χ0) is 11.9. The van der Waals surface area contributed by atoms with Gasteiger partial charge in [0.25, 0.3) is 0 Å². The highest BCUT2D eigenvalue weighted by atomic mass is 32.2. The van der Waals surface area contributed by atoms with Crippen LogP contribution in [0.3, 0.4) is 0 Å². The van der Waals surface area contributed by atoms with Gasteiger partial charge in [-0.05, 0) is 31.4 Å². The van der Waals surface area contributed by atoms with Gasteiger partial charge in [0.05, 0.1) is 10.7 Å². The van der Waals surface area contributed by atoms with Crippen molar-refractivity contribution in [2.24, 2.45) is 4.99 Å². The summed E-state index contributed by atoms with van der Waals surface area (Å²) in [6.07, 6.45) is 8.03. The van der Waals surface area contributed by atoms with Gasteiger partial charge < -0.3 is 0 Å². The Morgan fingerprint density at radius 1 is 1.18 bits per heavy atom. The third kappa shape index (κ3) is 4.19. The molecule has 0 amide bonds. The summed E-state index contributed by atoms with van der Waals surface area (Å²) in [7, 11) is 0. The lowest BCUT2D eigenvalue weighted by molar-refractivity contribution is 0.517. The van der Waals surface area contributed by atoms with Crippen LogP contribution in [0, 0.1) is 0 Å². The van der Waals surface area contributed by atoms with Crippen molar-refractivity contribution in [1.82, 2.24) is 0 Å². The standard InChI is InChI=1S/C15H21NS/c1-2-15(16-13-9-5-3-6-10-13)17-14-11-7-4-8-12-14/h3,5-6,9-10,14H,2,4,7-8,11-12H2,1H3. The predicted molar refractivity (Wildman–Crippen MR) is 78.3 cm³/mol. The molecule has 92 valence electrons. The van der Waals surface area contributed by atoms with Crippen molar-refractivity contribution in [3.05, 3.63) is 30.3 Å². The fourth-order valence-electron chi connectivity index (χ4n) is 2.21. The molecule has 1 aromatic rings. The normalized spacial score (nSPS) is 18.3. The van der Waals surface area contributed by atoms with Gasteiger partial charge in [0.1, 0.15) is 0 Å². The molecule has 1 fully saturated rings. The fourth-order valence-corrected chi connectivity index (χ4v) is 3.49. The molecule has 1 aliphatic carbocycles. The van der Waals surface area contributed by atoms with Gasteiger partial charge in [-0.1, -0.05) is 44.4 Å². The number of thioether (sulfide) groups is 1. The van der Waals surface area contributed by atoms with E-state index in [1.54, 1.807) is 0 Å². The van der Waals surface area contributed by atoms with Crippen LogP contribution in [-0.4, -0.2) is 10.3 Å². The zero-order valence-electron chi connectivity index (χ0n) is 10.6. The van der Waals surface area contributed by atoms with E-state index < -0.39 is 0 Å². The first-order valence-electron chi connectivity index (χ1n) is 6.67. The van der Waals surface area contributed by atoms with Crippen LogP contribution in [0.15, 0.2) is 35.3 Å². The van der Waals surface area contributed by atoms with E-state index >= 15 is 0 Å². The quantitative estimate of drug-likeness (QED) is 0.528. The lowest BCUT2D eigenvalue weighted by Crippen LogP contribution is -2.10. The first-order chi connectivity index (χ1) is 8.38. The Morgan fingerprint density at radius 2 is 1.88 bits per heavy atom. The van der Waals surface area contributed by atoms with Gasteiger partial charge in [-0.15, -0.1) is 11.8 Å². The van der Waals surface area contributed by atoms with Crippen LogP contribution >= 0.6 is 11.8 Å². The maximum atomic E-state index is 4.75. The summed E-state index contributed by atoms with van der Waals surface area (Å²) < 4.78 is 0. The summed E-state index contributed by atoms with van der Waals surface area (Å²) in [6.45, 7) is 2.21. The van der Waals surface area contributed by atoms with Crippen LogP contribution in [-0.2, 0) is 0 Å². The number of benzene rings is 1. The molecule has 2 rings (SSSR count). The molecule has 0 heterocycles. The highest BCUT2D eigenvalue weighted by Gasteiger charge is 2.15. The maximum absolute atomic E-state index is 4.75. The first-order valence-corrected chi connectivity index (χ1v) is 7.55. The van der Waals surface area contributed by atoms with Gasteiger partial charge in [0.15, 0.2) is 0 Å². The van der Waals surface area contributed by atoms with Crippen molar-refractivity contribution in [3.8, 4) is 0 Å². The van der Waals surface area contributed by atoms with E-state index in [1.807, 2.05) is 17.8 Å². The van der Waals surface area contributed by atoms with E-state index in [0.29, 0.717) is 0 Å². The number of aliphatic imine (C=N–C) groups is 1. The highest BCUT2D eigenvalue weighted by molar-refractivity contribution is 8.14. The Bertz CT molecular complexity index is 352. The van der Waals surface area contributed by atoms with E-state index in [9.17, 15) is 0 Å². The summed E-state index contributed by atoms with van der Waals surface area (Å²) in [5.74, 6) is 0. The molecule has 0 spiro atoms. The van der Waals surface area contributed by atoms with Crippen molar-refractivity contribution < 1.29 is 0 Å². The third-order valence-corrected chi connectivity index (χ3v) is 4.62. The summed E-state index contributed by atoms with van der Waals surface area (Å²) in [6, 6.07) is 10.3. The number of nitrogens with zero attached hydrogens (tertiary/aromatic N) is 1. The van der Waals surface area contributed by atoms with Crippen LogP contribution in [0.25, 0.3) is 0 Å². The second-order valence-electron chi connectivity index (χ2n) is 4.57. The average molecular weight is 247 g/mol. The minimum absolute atomic E-state index is 0.811. The summed E-state index contributed by atoms with van der Waals surface area (Å²) >= 11 is 2.01. The molecule has 0 aromatic heterocycles. The first kappa shape index (κ1) is 12.7. The Kier molecular flexibility index (Phi) is 5.11. The SMILES string of the molecule is CCC(=Nc1ccccc1)SC1CCCCC1. The minimum Gasteiger partial charge on any atom is -0.247 e. The fraction of sp³-hybridized carbons (Fsp3) is 0.533. The molecule has 0 saturated heterocycles. The number of rotatable bonds is 3. The van der Waals surface area contributed by atoms with E-state index in [1.165, 1.54) is 37.1 Å². The van der Waals surface area contributed by atoms with Gasteiger partial charge in [-0.2, -0.15) is 0 Å². The molecule has 2 heteroatoms.